The molecule has 22 heavy (non-hydrogen) atoms. The van der Waals surface area contributed by atoms with Crippen molar-refractivity contribution in [2.45, 2.75) is 53.4 Å². The molecule has 1 rings (SSSR count). The zero-order valence-electron chi connectivity index (χ0n) is 14.5. The predicted molar refractivity (Wildman–Crippen MR) is 92.7 cm³/mol. The van der Waals surface area contributed by atoms with Gasteiger partial charge in [0.15, 0.2) is 0 Å². The average Bonchev–Trinajstić information content (AvgIpc) is 2.72. The fraction of sp³-hybridized carbons (Fsp3) is 0.875. The van der Waals surface area contributed by atoms with Crippen LogP contribution in [0.4, 0.5) is 0 Å². The molecule has 0 aromatic carbocycles. The molecule has 1 aliphatic rings. The lowest BCUT2D eigenvalue weighted by molar-refractivity contribution is -0.138. The Morgan fingerprint density at radius 3 is 2.27 bits per heavy atom. The molecule has 1 amide bonds. The van der Waals surface area contributed by atoms with Gasteiger partial charge in [-0.2, -0.15) is 0 Å². The normalized spacial score (nSPS) is 18.3. The SMILES string of the molecule is CC(C)C[C@@H]1CNC(=O)C1.CC(C)C[C@H](CN)CC(=O)O.[2HH].[B]. The van der Waals surface area contributed by atoms with Crippen molar-refractivity contribution in [3.8, 4) is 0 Å². The first-order chi connectivity index (χ1) is 9.74. The first-order valence-electron chi connectivity index (χ1n) is 7.93. The van der Waals surface area contributed by atoms with Crippen molar-refractivity contribution < 1.29 is 16.1 Å². The number of carboxylic acids is 1. The minimum absolute atomic E-state index is 0. The highest BCUT2D eigenvalue weighted by atomic mass is 16.4. The van der Waals surface area contributed by atoms with E-state index in [1.807, 2.05) is 0 Å². The molecular formula is C16H34BN2O3. The van der Waals surface area contributed by atoms with Crippen molar-refractivity contribution in [2.75, 3.05) is 13.1 Å². The maximum absolute atomic E-state index is 10.7. The predicted octanol–water partition coefficient (Wildman–Crippen LogP) is 2.12. The van der Waals surface area contributed by atoms with Crippen molar-refractivity contribution in [2.24, 2.45) is 29.4 Å². The summed E-state index contributed by atoms with van der Waals surface area (Å²) in [6, 6.07) is 0. The van der Waals surface area contributed by atoms with E-state index in [0.717, 1.165) is 25.3 Å². The van der Waals surface area contributed by atoms with E-state index in [-0.39, 0.29) is 28.1 Å². The zero-order chi connectivity index (χ0) is 16.4. The van der Waals surface area contributed by atoms with E-state index in [2.05, 4.69) is 33.0 Å². The van der Waals surface area contributed by atoms with Gasteiger partial charge in [0.25, 0.3) is 0 Å². The Balaban J connectivity index is -0.000000321. The van der Waals surface area contributed by atoms with Crippen LogP contribution in [-0.4, -0.2) is 38.5 Å². The molecule has 3 radical (unpaired) electrons. The lowest BCUT2D eigenvalue weighted by Gasteiger charge is -2.13. The molecule has 0 aliphatic carbocycles. The Hall–Kier alpha value is -1.04. The van der Waals surface area contributed by atoms with Crippen LogP contribution < -0.4 is 11.1 Å². The second kappa shape index (κ2) is 12.5. The third-order valence-electron chi connectivity index (χ3n) is 3.47. The molecule has 0 spiro atoms. The summed E-state index contributed by atoms with van der Waals surface area (Å²) < 4.78 is 0. The van der Waals surface area contributed by atoms with Gasteiger partial charge in [0.2, 0.25) is 5.91 Å². The van der Waals surface area contributed by atoms with E-state index in [1.54, 1.807) is 0 Å². The molecule has 0 aromatic heterocycles. The molecule has 129 valence electrons. The minimum Gasteiger partial charge on any atom is -0.481 e. The van der Waals surface area contributed by atoms with E-state index in [4.69, 9.17) is 10.8 Å². The summed E-state index contributed by atoms with van der Waals surface area (Å²) >= 11 is 0. The Bertz CT molecular complexity index is 328. The van der Waals surface area contributed by atoms with Crippen LogP contribution in [0.5, 0.6) is 0 Å². The molecule has 0 unspecified atom stereocenters. The van der Waals surface area contributed by atoms with Crippen molar-refractivity contribution in [3.05, 3.63) is 0 Å². The summed E-state index contributed by atoms with van der Waals surface area (Å²) in [6.07, 6.45) is 3.04. The lowest BCUT2D eigenvalue weighted by atomic mass is 9.94. The molecular weight excluding hydrogens is 279 g/mol. The average molecular weight is 314 g/mol. The summed E-state index contributed by atoms with van der Waals surface area (Å²) in [5.74, 6) is 1.48. The van der Waals surface area contributed by atoms with E-state index in [1.165, 1.54) is 6.42 Å². The van der Waals surface area contributed by atoms with Gasteiger partial charge in [-0.1, -0.05) is 27.7 Å². The number of nitrogens with one attached hydrogen (secondary N) is 1. The molecule has 1 saturated heterocycles. The number of aliphatic carboxylic acids is 1. The zero-order valence-corrected chi connectivity index (χ0v) is 14.5. The molecule has 0 saturated carbocycles. The molecule has 5 nitrogen and oxygen atoms in total. The van der Waals surface area contributed by atoms with Gasteiger partial charge in [0.05, 0.1) is 0 Å². The molecule has 4 N–H and O–H groups in total. The quantitative estimate of drug-likeness (QED) is 0.628. The first-order valence-corrected chi connectivity index (χ1v) is 7.93. The highest BCUT2D eigenvalue weighted by Gasteiger charge is 2.21. The molecule has 0 bridgehead atoms. The van der Waals surface area contributed by atoms with Gasteiger partial charge >= 0.3 is 5.97 Å². The van der Waals surface area contributed by atoms with Crippen LogP contribution in [0.25, 0.3) is 0 Å². The number of carboxylic acid groups (broad SMARTS) is 1. The highest BCUT2D eigenvalue weighted by Crippen LogP contribution is 2.18. The van der Waals surface area contributed by atoms with Crippen LogP contribution in [0.1, 0.15) is 54.8 Å². The second-order valence-corrected chi connectivity index (χ2v) is 6.83. The van der Waals surface area contributed by atoms with Crippen molar-refractivity contribution in [1.29, 1.82) is 0 Å². The van der Waals surface area contributed by atoms with Gasteiger partial charge in [-0.25, -0.2) is 0 Å². The van der Waals surface area contributed by atoms with Crippen LogP contribution in [0.15, 0.2) is 0 Å². The van der Waals surface area contributed by atoms with Crippen LogP contribution >= 0.6 is 0 Å². The van der Waals surface area contributed by atoms with Gasteiger partial charge in [-0.05, 0) is 43.1 Å². The van der Waals surface area contributed by atoms with E-state index in [9.17, 15) is 9.59 Å². The number of rotatable bonds is 7. The standard InChI is InChI=1S/C8H17NO2.C8H15NO.B.H2/c1-6(2)3-7(5-9)4-8(10)11;1-6(2)3-7-4-8(10)9-5-7;;/h6-7H,3-5,9H2,1-2H3,(H,10,11);6-7H,3-5H2,1-2H3,(H,9,10);;1H/t2*7-;;/m00../s1/i;;;1+1. The Morgan fingerprint density at radius 1 is 1.36 bits per heavy atom. The number of hydrogen-bond acceptors (Lipinski definition) is 3. The monoisotopic (exact) mass is 314 g/mol. The number of hydrogen-bond donors (Lipinski definition) is 3. The van der Waals surface area contributed by atoms with Crippen molar-refractivity contribution in [3.63, 3.8) is 0 Å². The summed E-state index contributed by atoms with van der Waals surface area (Å²) in [5.41, 5.74) is 5.41. The summed E-state index contributed by atoms with van der Waals surface area (Å²) in [7, 11) is 0. The van der Waals surface area contributed by atoms with Crippen LogP contribution in [0, 0.1) is 23.7 Å². The third-order valence-corrected chi connectivity index (χ3v) is 3.47. The molecule has 1 aliphatic heterocycles. The molecule has 0 aromatic rings. The van der Waals surface area contributed by atoms with Crippen molar-refractivity contribution in [1.82, 2.24) is 5.32 Å². The second-order valence-electron chi connectivity index (χ2n) is 6.83. The number of amides is 1. The Labute approximate surface area is 138 Å². The van der Waals surface area contributed by atoms with Gasteiger partial charge in [-0.15, -0.1) is 0 Å². The number of carbonyl (C=O) groups excluding carboxylic acids is 1. The summed E-state index contributed by atoms with van der Waals surface area (Å²) in [4.78, 5) is 21.0. The van der Waals surface area contributed by atoms with Gasteiger partial charge < -0.3 is 16.2 Å². The number of carbonyl (C=O) groups is 2. The molecule has 2 atom stereocenters. The molecule has 1 heterocycles. The Morgan fingerprint density at radius 2 is 1.95 bits per heavy atom. The van der Waals surface area contributed by atoms with Gasteiger partial charge in [-0.3, -0.25) is 9.59 Å². The summed E-state index contributed by atoms with van der Waals surface area (Å²) in [6.45, 7) is 9.92. The fourth-order valence-electron chi connectivity index (χ4n) is 2.67. The maximum atomic E-state index is 10.7. The van der Waals surface area contributed by atoms with Gasteiger partial charge in [0.1, 0.15) is 0 Å². The topological polar surface area (TPSA) is 92.4 Å². The van der Waals surface area contributed by atoms with E-state index >= 15 is 0 Å². The first kappa shape index (κ1) is 23.2. The van der Waals surface area contributed by atoms with E-state index < -0.39 is 5.97 Å². The van der Waals surface area contributed by atoms with E-state index in [0.29, 0.717) is 18.4 Å². The largest absolute Gasteiger partial charge is 0.481 e. The van der Waals surface area contributed by atoms with Crippen LogP contribution in [0.2, 0.25) is 0 Å². The highest BCUT2D eigenvalue weighted by molar-refractivity contribution is 5.78. The maximum Gasteiger partial charge on any atom is 0.303 e. The Kier molecular flexibility index (Phi) is 13.2. The lowest BCUT2D eigenvalue weighted by Crippen LogP contribution is -2.19. The van der Waals surface area contributed by atoms with Gasteiger partial charge in [0, 0.05) is 29.2 Å². The molecule has 1 fully saturated rings. The van der Waals surface area contributed by atoms with Crippen molar-refractivity contribution >= 4 is 20.3 Å². The fourth-order valence-corrected chi connectivity index (χ4v) is 2.67. The smallest absolute Gasteiger partial charge is 0.303 e. The minimum atomic E-state index is -0.749. The van der Waals surface area contributed by atoms with Crippen LogP contribution in [0.3, 0.4) is 0 Å². The van der Waals surface area contributed by atoms with Crippen LogP contribution in [-0.2, 0) is 9.59 Å². The summed E-state index contributed by atoms with van der Waals surface area (Å²) in [5, 5.41) is 11.3. The number of nitrogens with two attached hydrogens (primary N) is 1. The molecule has 6 heteroatoms. The third kappa shape index (κ3) is 12.7.